The van der Waals surface area contributed by atoms with Gasteiger partial charge in [-0.05, 0) is 24.3 Å². The largest absolute Gasteiger partial charge is 0.355 e. The molecule has 29 heavy (non-hydrogen) atoms. The maximum absolute atomic E-state index is 13.2. The first kappa shape index (κ1) is 19.7. The Morgan fingerprint density at radius 1 is 1.17 bits per heavy atom. The van der Waals surface area contributed by atoms with Crippen molar-refractivity contribution in [1.82, 2.24) is 19.8 Å². The number of amides is 2. The van der Waals surface area contributed by atoms with Gasteiger partial charge in [0, 0.05) is 39.1 Å². The first-order chi connectivity index (χ1) is 14.1. The fourth-order valence-electron chi connectivity index (χ4n) is 4.74. The van der Waals surface area contributed by atoms with Crippen molar-refractivity contribution in [3.8, 4) is 0 Å². The summed E-state index contributed by atoms with van der Waals surface area (Å²) in [5, 5.41) is 3.18. The Morgan fingerprint density at radius 2 is 1.90 bits per heavy atom. The van der Waals surface area contributed by atoms with Crippen LogP contribution in [0.3, 0.4) is 0 Å². The molecule has 1 aromatic carbocycles. The van der Waals surface area contributed by atoms with Gasteiger partial charge in [-0.15, -0.1) is 0 Å². The third-order valence-corrected chi connectivity index (χ3v) is 6.47. The van der Waals surface area contributed by atoms with Gasteiger partial charge in [-0.1, -0.05) is 56.0 Å². The van der Waals surface area contributed by atoms with Crippen LogP contribution in [0.2, 0.25) is 0 Å². The minimum Gasteiger partial charge on any atom is -0.355 e. The number of aryl methyl sites for hydroxylation is 1. The Hall–Kier alpha value is -2.63. The molecule has 6 nitrogen and oxygen atoms in total. The molecule has 1 saturated carbocycles. The van der Waals surface area contributed by atoms with Gasteiger partial charge >= 0.3 is 0 Å². The fraction of sp³-hybridized carbons (Fsp3) is 0.522. The number of carbonyl (C=O) groups is 2. The molecule has 1 aliphatic carbocycles. The van der Waals surface area contributed by atoms with Gasteiger partial charge in [-0.2, -0.15) is 0 Å². The van der Waals surface area contributed by atoms with Crippen molar-refractivity contribution in [2.75, 3.05) is 19.6 Å². The molecule has 0 atom stereocenters. The molecule has 1 aromatic heterocycles. The molecule has 4 rings (SSSR count). The van der Waals surface area contributed by atoms with Gasteiger partial charge < -0.3 is 14.8 Å². The van der Waals surface area contributed by atoms with E-state index in [-0.39, 0.29) is 11.8 Å². The number of rotatable bonds is 7. The van der Waals surface area contributed by atoms with Crippen molar-refractivity contribution in [3.63, 3.8) is 0 Å². The SMILES string of the molecule is Cn1ccnc1C(=O)N1CC(Cc2ccccc2)(C(=O)NCCC2CCCC2)C1. The van der Waals surface area contributed by atoms with Gasteiger partial charge in [-0.3, -0.25) is 9.59 Å². The van der Waals surface area contributed by atoms with Gasteiger partial charge in [0.05, 0.1) is 5.41 Å². The minimum absolute atomic E-state index is 0.0724. The molecule has 0 bridgehead atoms. The number of imidazole rings is 1. The number of carbonyl (C=O) groups excluding carboxylic acids is 2. The molecule has 1 saturated heterocycles. The van der Waals surface area contributed by atoms with Crippen LogP contribution in [0.25, 0.3) is 0 Å². The zero-order valence-corrected chi connectivity index (χ0v) is 17.1. The van der Waals surface area contributed by atoms with E-state index in [4.69, 9.17) is 0 Å². The van der Waals surface area contributed by atoms with Crippen molar-refractivity contribution >= 4 is 11.8 Å². The summed E-state index contributed by atoms with van der Waals surface area (Å²) in [6, 6.07) is 10.1. The highest BCUT2D eigenvalue weighted by atomic mass is 16.2. The molecule has 1 aliphatic heterocycles. The lowest BCUT2D eigenvalue weighted by atomic mass is 9.73. The molecule has 154 valence electrons. The van der Waals surface area contributed by atoms with Crippen LogP contribution in [0.1, 0.15) is 48.3 Å². The van der Waals surface area contributed by atoms with E-state index in [2.05, 4.69) is 22.4 Å². The third-order valence-electron chi connectivity index (χ3n) is 6.47. The molecule has 0 spiro atoms. The summed E-state index contributed by atoms with van der Waals surface area (Å²) in [6.07, 6.45) is 10.3. The number of nitrogens with one attached hydrogen (secondary N) is 1. The van der Waals surface area contributed by atoms with E-state index in [9.17, 15) is 9.59 Å². The number of hydrogen-bond acceptors (Lipinski definition) is 3. The highest BCUT2D eigenvalue weighted by molar-refractivity contribution is 5.94. The average Bonchev–Trinajstić information content (AvgIpc) is 3.36. The number of benzene rings is 1. The molecule has 2 aliphatic rings. The number of nitrogens with zero attached hydrogens (tertiary/aromatic N) is 3. The summed E-state index contributed by atoms with van der Waals surface area (Å²) >= 11 is 0. The molecule has 2 heterocycles. The van der Waals surface area contributed by atoms with Crippen LogP contribution in [0, 0.1) is 11.3 Å². The van der Waals surface area contributed by atoms with Gasteiger partial charge in [0.25, 0.3) is 5.91 Å². The Balaban J connectivity index is 1.42. The maximum atomic E-state index is 13.2. The molecular formula is C23H30N4O2. The van der Waals surface area contributed by atoms with Crippen molar-refractivity contribution in [1.29, 1.82) is 0 Å². The summed E-state index contributed by atoms with van der Waals surface area (Å²) < 4.78 is 1.72. The Morgan fingerprint density at radius 3 is 2.55 bits per heavy atom. The summed E-state index contributed by atoms with van der Waals surface area (Å²) in [5.41, 5.74) is 0.570. The second kappa shape index (κ2) is 8.39. The van der Waals surface area contributed by atoms with E-state index in [1.807, 2.05) is 25.2 Å². The summed E-state index contributed by atoms with van der Waals surface area (Å²) in [4.78, 5) is 31.8. The minimum atomic E-state index is -0.558. The standard InChI is InChI=1S/C23H30N4O2/c1-26-14-13-24-20(26)21(28)27-16-23(17-27,15-19-9-3-2-4-10-19)22(29)25-12-11-18-7-5-6-8-18/h2-4,9-10,13-14,18H,5-8,11-12,15-17H2,1H3,(H,25,29). The molecule has 1 N–H and O–H groups in total. The monoisotopic (exact) mass is 394 g/mol. The molecule has 0 unspecified atom stereocenters. The second-order valence-corrected chi connectivity index (χ2v) is 8.66. The molecule has 6 heteroatoms. The normalized spacial score (nSPS) is 18.4. The summed E-state index contributed by atoms with van der Waals surface area (Å²) in [6.45, 7) is 1.60. The molecule has 2 amide bonds. The Labute approximate surface area is 172 Å². The first-order valence-corrected chi connectivity index (χ1v) is 10.7. The highest BCUT2D eigenvalue weighted by Gasteiger charge is 2.51. The summed E-state index contributed by atoms with van der Waals surface area (Å²) in [7, 11) is 1.81. The van der Waals surface area contributed by atoms with E-state index in [0.717, 1.165) is 24.4 Å². The lowest BCUT2D eigenvalue weighted by Gasteiger charge is -2.48. The predicted molar refractivity (Wildman–Crippen MR) is 111 cm³/mol. The van der Waals surface area contributed by atoms with Crippen molar-refractivity contribution in [3.05, 3.63) is 54.1 Å². The maximum Gasteiger partial charge on any atom is 0.289 e. The van der Waals surface area contributed by atoms with Crippen molar-refractivity contribution in [2.45, 2.75) is 38.5 Å². The zero-order chi connectivity index (χ0) is 20.3. The fourth-order valence-corrected chi connectivity index (χ4v) is 4.74. The Kier molecular flexibility index (Phi) is 5.69. The Bertz CT molecular complexity index is 849. The predicted octanol–water partition coefficient (Wildman–Crippen LogP) is 2.80. The van der Waals surface area contributed by atoms with Gasteiger partial charge in [0.1, 0.15) is 0 Å². The lowest BCUT2D eigenvalue weighted by molar-refractivity contribution is -0.139. The van der Waals surface area contributed by atoms with E-state index in [0.29, 0.717) is 25.3 Å². The molecular weight excluding hydrogens is 364 g/mol. The molecule has 2 fully saturated rings. The molecule has 2 aromatic rings. The number of hydrogen-bond donors (Lipinski definition) is 1. The van der Waals surface area contributed by atoms with Crippen LogP contribution < -0.4 is 5.32 Å². The van der Waals surface area contributed by atoms with Crippen LogP contribution in [-0.2, 0) is 18.3 Å². The van der Waals surface area contributed by atoms with Crippen LogP contribution in [0.4, 0.5) is 0 Å². The number of aromatic nitrogens is 2. The van der Waals surface area contributed by atoms with Crippen LogP contribution >= 0.6 is 0 Å². The van der Waals surface area contributed by atoms with Crippen LogP contribution in [0.5, 0.6) is 0 Å². The average molecular weight is 395 g/mol. The number of likely N-dealkylation sites (tertiary alicyclic amines) is 1. The van der Waals surface area contributed by atoms with Crippen molar-refractivity contribution in [2.24, 2.45) is 18.4 Å². The topological polar surface area (TPSA) is 67.2 Å². The van der Waals surface area contributed by atoms with Gasteiger partial charge in [0.2, 0.25) is 5.91 Å². The smallest absolute Gasteiger partial charge is 0.289 e. The van der Waals surface area contributed by atoms with E-state index in [1.54, 1.807) is 21.9 Å². The van der Waals surface area contributed by atoms with Gasteiger partial charge in [-0.25, -0.2) is 4.98 Å². The lowest BCUT2D eigenvalue weighted by Crippen LogP contribution is -2.65. The van der Waals surface area contributed by atoms with Crippen LogP contribution in [-0.4, -0.2) is 45.9 Å². The third kappa shape index (κ3) is 4.21. The van der Waals surface area contributed by atoms with Gasteiger partial charge in [0.15, 0.2) is 5.82 Å². The van der Waals surface area contributed by atoms with Crippen molar-refractivity contribution < 1.29 is 9.59 Å². The molecule has 0 radical (unpaired) electrons. The van der Waals surface area contributed by atoms with E-state index < -0.39 is 5.41 Å². The first-order valence-electron chi connectivity index (χ1n) is 10.7. The summed E-state index contributed by atoms with van der Waals surface area (Å²) in [5.74, 6) is 1.13. The quantitative estimate of drug-likeness (QED) is 0.785. The van der Waals surface area contributed by atoms with E-state index >= 15 is 0 Å². The van der Waals surface area contributed by atoms with Crippen LogP contribution in [0.15, 0.2) is 42.7 Å². The highest BCUT2D eigenvalue weighted by Crippen LogP contribution is 2.36. The zero-order valence-electron chi connectivity index (χ0n) is 17.1. The van der Waals surface area contributed by atoms with E-state index in [1.165, 1.54) is 25.7 Å². The second-order valence-electron chi connectivity index (χ2n) is 8.66.